The van der Waals surface area contributed by atoms with Crippen LogP contribution >= 0.6 is 0 Å². The lowest BCUT2D eigenvalue weighted by Crippen LogP contribution is -2.49. The number of benzene rings is 2. The number of carboxylic acids is 1. The fraction of sp³-hybridized carbons (Fsp3) is 0.500. The lowest BCUT2D eigenvalue weighted by molar-refractivity contribution is -0.144. The summed E-state index contributed by atoms with van der Waals surface area (Å²) in [5.41, 5.74) is 1.43. The molecule has 2 saturated carbocycles. The quantitative estimate of drug-likeness (QED) is 0.323. The second kappa shape index (κ2) is 12.1. The number of carbonyl (C=O) groups is 3. The van der Waals surface area contributed by atoms with E-state index in [1.54, 1.807) is 12.1 Å². The first-order valence-electron chi connectivity index (χ1n) is 13.9. The van der Waals surface area contributed by atoms with Gasteiger partial charge in [-0.2, -0.15) is 13.4 Å². The number of carbonyl (C=O) groups excluding carboxylic acids is 2. The van der Waals surface area contributed by atoms with E-state index >= 15 is 0 Å². The maximum atomic E-state index is 12.8. The van der Waals surface area contributed by atoms with Gasteiger partial charge in [0.25, 0.3) is 0 Å². The zero-order valence-corrected chi connectivity index (χ0v) is 24.7. The summed E-state index contributed by atoms with van der Waals surface area (Å²) in [5.74, 6) is -0.805. The SMILES string of the molecule is CC(C)CNC(=O)Nc1cc(C[C@@H](C(=O)O)N(C[C@@]2(C)[C@H]3CC[C@]2(C)C(=O)C3)N=S(=O)=O)ccc1-c1ccccc1. The maximum Gasteiger partial charge on any atom is 0.328 e. The molecule has 0 heterocycles. The van der Waals surface area contributed by atoms with E-state index in [9.17, 15) is 27.9 Å². The van der Waals surface area contributed by atoms with Crippen LogP contribution in [0.25, 0.3) is 11.1 Å². The van der Waals surface area contributed by atoms with E-state index in [1.807, 2.05) is 64.1 Å². The number of nitrogens with one attached hydrogen (secondary N) is 2. The van der Waals surface area contributed by atoms with Gasteiger partial charge in [-0.25, -0.2) is 4.79 Å². The number of hydrogen-bond acceptors (Lipinski definition) is 6. The summed E-state index contributed by atoms with van der Waals surface area (Å²) in [4.78, 5) is 38.1. The van der Waals surface area contributed by atoms with Gasteiger partial charge in [-0.3, -0.25) is 9.59 Å². The lowest BCUT2D eigenvalue weighted by Gasteiger charge is -2.40. The van der Waals surface area contributed by atoms with Gasteiger partial charge in [0, 0.05) is 36.9 Å². The molecule has 0 aromatic heterocycles. The van der Waals surface area contributed by atoms with Crippen molar-refractivity contribution in [1.29, 1.82) is 0 Å². The van der Waals surface area contributed by atoms with Crippen LogP contribution in [-0.2, 0) is 26.5 Å². The number of anilines is 1. The Labute approximate surface area is 242 Å². The third-order valence-electron chi connectivity index (χ3n) is 9.03. The Bertz CT molecular complexity index is 1450. The van der Waals surface area contributed by atoms with Crippen molar-refractivity contribution in [2.75, 3.05) is 18.4 Å². The molecule has 2 aromatic carbocycles. The van der Waals surface area contributed by atoms with Gasteiger partial charge in [-0.1, -0.05) is 74.6 Å². The summed E-state index contributed by atoms with van der Waals surface area (Å²) < 4.78 is 27.2. The molecule has 2 fully saturated rings. The van der Waals surface area contributed by atoms with E-state index in [4.69, 9.17) is 0 Å². The molecule has 0 unspecified atom stereocenters. The van der Waals surface area contributed by atoms with Gasteiger partial charge in [-0.15, -0.1) is 0 Å². The molecule has 4 rings (SSSR count). The molecule has 2 aliphatic rings. The Morgan fingerprint density at radius 1 is 1.15 bits per heavy atom. The van der Waals surface area contributed by atoms with Crippen LogP contribution in [-0.4, -0.2) is 55.4 Å². The van der Waals surface area contributed by atoms with Gasteiger partial charge in [0.05, 0.1) is 5.69 Å². The number of carboxylic acid groups (broad SMARTS) is 1. The summed E-state index contributed by atoms with van der Waals surface area (Å²) in [6.45, 7) is 8.32. The van der Waals surface area contributed by atoms with Gasteiger partial charge in [0.15, 0.2) is 0 Å². The van der Waals surface area contributed by atoms with Gasteiger partial charge >= 0.3 is 22.5 Å². The van der Waals surface area contributed by atoms with Gasteiger partial charge in [0.1, 0.15) is 11.8 Å². The van der Waals surface area contributed by atoms with Crippen molar-refractivity contribution in [3.63, 3.8) is 0 Å². The molecule has 2 bridgehead atoms. The number of ketones is 1. The van der Waals surface area contributed by atoms with Crippen LogP contribution in [0.5, 0.6) is 0 Å². The monoisotopic (exact) mass is 582 g/mol. The second-order valence-corrected chi connectivity index (χ2v) is 12.6. The summed E-state index contributed by atoms with van der Waals surface area (Å²) in [6.07, 6.45) is 1.86. The van der Waals surface area contributed by atoms with E-state index in [-0.39, 0.29) is 36.6 Å². The minimum Gasteiger partial charge on any atom is -0.480 e. The summed E-state index contributed by atoms with van der Waals surface area (Å²) in [5, 5.41) is 17.1. The first-order chi connectivity index (χ1) is 19.3. The zero-order chi connectivity index (χ0) is 29.9. The van der Waals surface area contributed by atoms with Crippen molar-refractivity contribution in [2.45, 2.75) is 59.4 Å². The van der Waals surface area contributed by atoms with E-state index < -0.39 is 33.3 Å². The number of nitrogens with zero attached hydrogens (tertiary/aromatic N) is 2. The molecule has 2 aliphatic carbocycles. The summed E-state index contributed by atoms with van der Waals surface area (Å²) in [7, 11) is -2.89. The molecule has 4 atom stereocenters. The predicted molar refractivity (Wildman–Crippen MR) is 155 cm³/mol. The number of hydrogen-bond donors (Lipinski definition) is 3. The van der Waals surface area contributed by atoms with Crippen LogP contribution in [0.3, 0.4) is 0 Å². The smallest absolute Gasteiger partial charge is 0.328 e. The minimum absolute atomic E-state index is 0.0235. The van der Waals surface area contributed by atoms with E-state index in [1.165, 1.54) is 0 Å². The van der Waals surface area contributed by atoms with Crippen molar-refractivity contribution in [3.05, 3.63) is 54.1 Å². The highest BCUT2D eigenvalue weighted by Gasteiger charge is 2.64. The van der Waals surface area contributed by atoms with Crippen LogP contribution < -0.4 is 10.6 Å². The van der Waals surface area contributed by atoms with Crippen molar-refractivity contribution in [2.24, 2.45) is 27.1 Å². The van der Waals surface area contributed by atoms with E-state index in [2.05, 4.69) is 15.1 Å². The van der Waals surface area contributed by atoms with Gasteiger partial charge < -0.3 is 15.7 Å². The Hall–Kier alpha value is -3.57. The Morgan fingerprint density at radius 2 is 1.85 bits per heavy atom. The van der Waals surface area contributed by atoms with E-state index in [0.717, 1.165) is 22.6 Å². The third kappa shape index (κ3) is 6.36. The highest BCUT2D eigenvalue weighted by molar-refractivity contribution is 7.61. The maximum absolute atomic E-state index is 12.8. The molecule has 220 valence electrons. The standard InChI is InChI=1S/C30H38N4O6S/c1-19(2)17-31-28(38)32-24-14-20(10-11-23(24)21-8-6-5-7-9-21)15-25(27(36)37)34(33-41(39)40)18-30(4)22-12-13-29(30,3)26(35)16-22/h5-11,14,19,22,25H,12-13,15-18H2,1-4H3,(H,36,37)(H2,31,32,38)/t22-,25-,29+,30-/m0/s1. The van der Waals surface area contributed by atoms with Crippen LogP contribution in [0.4, 0.5) is 10.5 Å². The molecular formula is C30H38N4O6S. The highest BCUT2D eigenvalue weighted by atomic mass is 32.2. The van der Waals surface area contributed by atoms with Crippen molar-refractivity contribution in [3.8, 4) is 11.1 Å². The van der Waals surface area contributed by atoms with Crippen molar-refractivity contribution < 1.29 is 27.9 Å². The largest absolute Gasteiger partial charge is 0.480 e. The molecule has 11 heteroatoms. The first-order valence-corrected chi connectivity index (χ1v) is 14.9. The number of Topliss-reactive ketones (excluding diaryl/α,β-unsaturated/α-hetero) is 1. The highest BCUT2D eigenvalue weighted by Crippen LogP contribution is 2.64. The molecule has 0 saturated heterocycles. The molecule has 41 heavy (non-hydrogen) atoms. The molecular weight excluding hydrogens is 544 g/mol. The van der Waals surface area contributed by atoms with Crippen LogP contribution in [0, 0.1) is 22.7 Å². The van der Waals surface area contributed by atoms with Crippen molar-refractivity contribution >= 4 is 34.0 Å². The van der Waals surface area contributed by atoms with Crippen LogP contribution in [0.1, 0.15) is 52.5 Å². The number of fused-ring (bicyclic) bond motifs is 2. The van der Waals surface area contributed by atoms with Gasteiger partial charge in [0.2, 0.25) is 0 Å². The zero-order valence-electron chi connectivity index (χ0n) is 23.9. The predicted octanol–water partition coefficient (Wildman–Crippen LogP) is 4.80. The molecule has 2 amide bonds. The normalized spacial score (nSPS) is 24.0. The van der Waals surface area contributed by atoms with Crippen LogP contribution in [0.2, 0.25) is 0 Å². The average Bonchev–Trinajstić information content (AvgIpc) is 3.25. The number of aliphatic carboxylic acids is 1. The number of urea groups is 1. The Balaban J connectivity index is 1.67. The molecule has 0 radical (unpaired) electrons. The van der Waals surface area contributed by atoms with Gasteiger partial charge in [-0.05, 0) is 47.3 Å². The fourth-order valence-corrected chi connectivity index (χ4v) is 6.71. The Kier molecular flexibility index (Phi) is 8.98. The average molecular weight is 583 g/mol. The summed E-state index contributed by atoms with van der Waals surface area (Å²) >= 11 is 0. The second-order valence-electron chi connectivity index (χ2n) is 12.0. The molecule has 0 aliphatic heterocycles. The topological polar surface area (TPSA) is 145 Å². The molecule has 0 spiro atoms. The van der Waals surface area contributed by atoms with E-state index in [0.29, 0.717) is 30.6 Å². The molecule has 3 N–H and O–H groups in total. The third-order valence-corrected chi connectivity index (χ3v) is 9.37. The molecule has 10 nitrogen and oxygen atoms in total. The minimum atomic E-state index is -2.89. The molecule has 2 aromatic rings. The lowest BCUT2D eigenvalue weighted by atomic mass is 9.68. The number of amides is 2. The fourth-order valence-electron chi connectivity index (χ4n) is 6.37. The Morgan fingerprint density at radius 3 is 2.41 bits per heavy atom. The van der Waals surface area contributed by atoms with Crippen molar-refractivity contribution in [1.82, 2.24) is 10.3 Å². The van der Waals surface area contributed by atoms with Crippen LogP contribution in [0.15, 0.2) is 53.0 Å². The number of rotatable bonds is 11. The summed E-state index contributed by atoms with van der Waals surface area (Å²) in [6, 6.07) is 13.1. The first kappa shape index (κ1) is 30.4.